The van der Waals surface area contributed by atoms with Gasteiger partial charge < -0.3 is 37.5 Å². The Morgan fingerprint density at radius 1 is 1.00 bits per heavy atom. The lowest BCUT2D eigenvalue weighted by Gasteiger charge is -2.25. The number of hydrogen-bond donors (Lipinski definition) is 6. The molecule has 0 heterocycles. The van der Waals surface area contributed by atoms with Gasteiger partial charge in [0.1, 0.15) is 12.1 Å². The minimum Gasteiger partial charge on any atom is -0.380 e. The van der Waals surface area contributed by atoms with Gasteiger partial charge in [0.2, 0.25) is 17.7 Å². The largest absolute Gasteiger partial charge is 0.380 e. The van der Waals surface area contributed by atoms with Crippen LogP contribution < -0.4 is 32.7 Å². The van der Waals surface area contributed by atoms with Crippen molar-refractivity contribution < 1.29 is 23.9 Å². The Morgan fingerprint density at radius 3 is 2.26 bits per heavy atom. The lowest BCUT2D eigenvalue weighted by Crippen LogP contribution is -2.54. The predicted molar refractivity (Wildman–Crippen MR) is 134 cm³/mol. The van der Waals surface area contributed by atoms with Gasteiger partial charge in [-0.25, -0.2) is 4.79 Å². The van der Waals surface area contributed by atoms with Crippen molar-refractivity contribution in [2.24, 2.45) is 17.4 Å². The van der Waals surface area contributed by atoms with Crippen molar-refractivity contribution in [2.75, 3.05) is 31.6 Å². The third-order valence-corrected chi connectivity index (χ3v) is 5.23. The molecule has 0 aliphatic carbocycles. The van der Waals surface area contributed by atoms with Crippen LogP contribution in [0, 0.1) is 5.92 Å². The highest BCUT2D eigenvalue weighted by Gasteiger charge is 2.28. The van der Waals surface area contributed by atoms with E-state index >= 15 is 0 Å². The SMILES string of the molecule is CCc1ccc(NC(=O)[C@H](CCCNC(N)=O)NC(=O)[C@@H](NC(=O)CCOCCN)C(C)C)cc1. The summed E-state index contributed by atoms with van der Waals surface area (Å²) in [5.41, 5.74) is 12.2. The minimum atomic E-state index is -0.880. The number of nitrogens with one attached hydrogen (secondary N) is 4. The van der Waals surface area contributed by atoms with Gasteiger partial charge in [-0.2, -0.15) is 0 Å². The molecule has 1 aromatic carbocycles. The van der Waals surface area contributed by atoms with E-state index in [1.165, 1.54) is 0 Å². The van der Waals surface area contributed by atoms with Gasteiger partial charge in [-0.05, 0) is 42.9 Å². The van der Waals surface area contributed by atoms with Crippen LogP contribution in [0.2, 0.25) is 0 Å². The number of aryl methyl sites for hydroxylation is 1. The van der Waals surface area contributed by atoms with Gasteiger partial charge in [0.15, 0.2) is 0 Å². The van der Waals surface area contributed by atoms with Gasteiger partial charge in [-0.3, -0.25) is 14.4 Å². The predicted octanol–water partition coefficient (Wildman–Crippen LogP) is 0.627. The molecule has 35 heavy (non-hydrogen) atoms. The summed E-state index contributed by atoms with van der Waals surface area (Å²) in [5.74, 6) is -1.42. The number of rotatable bonds is 16. The molecule has 0 aromatic heterocycles. The fourth-order valence-corrected chi connectivity index (χ4v) is 3.23. The van der Waals surface area contributed by atoms with Crippen LogP contribution in [0.5, 0.6) is 0 Å². The Bertz CT molecular complexity index is 815. The Hall–Kier alpha value is -3.18. The van der Waals surface area contributed by atoms with Gasteiger partial charge in [0, 0.05) is 25.2 Å². The molecular weight excluding hydrogens is 452 g/mol. The first-order valence-electron chi connectivity index (χ1n) is 12.0. The quantitative estimate of drug-likeness (QED) is 0.184. The van der Waals surface area contributed by atoms with E-state index in [4.69, 9.17) is 16.2 Å². The zero-order chi connectivity index (χ0) is 26.2. The van der Waals surface area contributed by atoms with Gasteiger partial charge in [-0.1, -0.05) is 32.9 Å². The Balaban J connectivity index is 2.84. The molecule has 8 N–H and O–H groups in total. The lowest BCUT2D eigenvalue weighted by molar-refractivity contribution is -0.132. The number of benzene rings is 1. The van der Waals surface area contributed by atoms with Crippen molar-refractivity contribution in [2.45, 2.75) is 58.5 Å². The fraction of sp³-hybridized carbons (Fsp3) is 0.583. The highest BCUT2D eigenvalue weighted by Crippen LogP contribution is 2.12. The molecular formula is C24H40N6O5. The number of primary amides is 1. The smallest absolute Gasteiger partial charge is 0.312 e. The van der Waals surface area contributed by atoms with E-state index in [9.17, 15) is 19.2 Å². The van der Waals surface area contributed by atoms with Crippen molar-refractivity contribution in [1.82, 2.24) is 16.0 Å². The van der Waals surface area contributed by atoms with Crippen LogP contribution in [0.3, 0.4) is 0 Å². The van der Waals surface area contributed by atoms with Crippen molar-refractivity contribution in [3.8, 4) is 0 Å². The van der Waals surface area contributed by atoms with E-state index in [1.807, 2.05) is 19.1 Å². The summed E-state index contributed by atoms with van der Waals surface area (Å²) in [5, 5.41) is 10.8. The normalized spacial score (nSPS) is 12.5. The standard InChI is InChI=1S/C24H40N6O5/c1-4-17-7-9-18(10-8-17)28-22(32)19(6-5-13-27-24(26)34)29-23(33)21(16(2)3)30-20(31)11-14-35-15-12-25/h7-10,16,19,21H,4-6,11-15,25H2,1-3H3,(H,28,32)(H,29,33)(H,30,31)(H3,26,27,34)/t19-,21-/m0/s1. The lowest BCUT2D eigenvalue weighted by atomic mass is 10.0. The van der Waals surface area contributed by atoms with Gasteiger partial charge in [0.25, 0.3) is 0 Å². The average Bonchev–Trinajstić information content (AvgIpc) is 2.82. The molecule has 0 saturated heterocycles. The molecule has 1 rings (SSSR count). The molecule has 196 valence electrons. The summed E-state index contributed by atoms with van der Waals surface area (Å²) in [7, 11) is 0. The van der Waals surface area contributed by atoms with E-state index in [2.05, 4.69) is 21.3 Å². The number of anilines is 1. The third-order valence-electron chi connectivity index (χ3n) is 5.23. The second-order valence-electron chi connectivity index (χ2n) is 8.47. The average molecular weight is 493 g/mol. The molecule has 0 bridgehead atoms. The summed E-state index contributed by atoms with van der Waals surface area (Å²) in [6.07, 6.45) is 1.64. The van der Waals surface area contributed by atoms with E-state index in [0.717, 1.165) is 12.0 Å². The van der Waals surface area contributed by atoms with Gasteiger partial charge in [0.05, 0.1) is 13.2 Å². The summed E-state index contributed by atoms with van der Waals surface area (Å²) >= 11 is 0. The first kappa shape index (κ1) is 29.9. The Morgan fingerprint density at radius 2 is 1.69 bits per heavy atom. The van der Waals surface area contributed by atoms with E-state index in [-0.39, 0.29) is 37.8 Å². The molecule has 0 saturated carbocycles. The first-order chi connectivity index (χ1) is 16.7. The van der Waals surface area contributed by atoms with Gasteiger partial charge in [-0.15, -0.1) is 0 Å². The van der Waals surface area contributed by atoms with Crippen LogP contribution in [-0.4, -0.2) is 62.1 Å². The highest BCUT2D eigenvalue weighted by atomic mass is 16.5. The summed E-state index contributed by atoms with van der Waals surface area (Å²) in [6.45, 7) is 6.81. The maximum Gasteiger partial charge on any atom is 0.312 e. The van der Waals surface area contributed by atoms with Crippen molar-refractivity contribution in [3.05, 3.63) is 29.8 Å². The second-order valence-corrected chi connectivity index (χ2v) is 8.47. The molecule has 0 aliphatic rings. The third kappa shape index (κ3) is 12.2. The van der Waals surface area contributed by atoms with Crippen molar-refractivity contribution >= 4 is 29.4 Å². The molecule has 0 spiro atoms. The summed E-state index contributed by atoms with van der Waals surface area (Å²) in [4.78, 5) is 49.3. The number of carbonyl (C=O) groups excluding carboxylic acids is 4. The summed E-state index contributed by atoms with van der Waals surface area (Å²) in [6, 6.07) is 5.06. The molecule has 0 fully saturated rings. The molecule has 11 nitrogen and oxygen atoms in total. The van der Waals surface area contributed by atoms with Crippen molar-refractivity contribution in [3.63, 3.8) is 0 Å². The van der Waals surface area contributed by atoms with Crippen LogP contribution in [0.15, 0.2) is 24.3 Å². The number of nitrogens with two attached hydrogens (primary N) is 2. The number of carbonyl (C=O) groups is 4. The van der Waals surface area contributed by atoms with Crippen LogP contribution in [-0.2, 0) is 25.5 Å². The molecule has 0 unspecified atom stereocenters. The number of urea groups is 1. The molecule has 1 aromatic rings. The second kappa shape index (κ2) is 16.4. The maximum absolute atomic E-state index is 13.0. The Labute approximate surface area is 207 Å². The Kier molecular flexibility index (Phi) is 14.0. The molecule has 0 radical (unpaired) electrons. The summed E-state index contributed by atoms with van der Waals surface area (Å²) < 4.78 is 5.22. The minimum absolute atomic E-state index is 0.0902. The zero-order valence-electron chi connectivity index (χ0n) is 20.9. The van der Waals surface area contributed by atoms with Crippen LogP contribution in [0.4, 0.5) is 10.5 Å². The zero-order valence-corrected chi connectivity index (χ0v) is 20.9. The van der Waals surface area contributed by atoms with Crippen molar-refractivity contribution in [1.29, 1.82) is 0 Å². The fourth-order valence-electron chi connectivity index (χ4n) is 3.23. The number of hydrogen-bond acceptors (Lipinski definition) is 6. The van der Waals surface area contributed by atoms with Crippen LogP contribution >= 0.6 is 0 Å². The maximum atomic E-state index is 13.0. The molecule has 11 heteroatoms. The topological polar surface area (TPSA) is 178 Å². The van der Waals surface area contributed by atoms with Crippen LogP contribution in [0.1, 0.15) is 45.6 Å². The van der Waals surface area contributed by atoms with E-state index in [0.29, 0.717) is 25.3 Å². The number of amides is 5. The monoisotopic (exact) mass is 492 g/mol. The number of ether oxygens (including phenoxy) is 1. The molecule has 2 atom stereocenters. The van der Waals surface area contributed by atoms with Crippen LogP contribution in [0.25, 0.3) is 0 Å². The van der Waals surface area contributed by atoms with Gasteiger partial charge >= 0.3 is 6.03 Å². The molecule has 0 aliphatic heterocycles. The highest BCUT2D eigenvalue weighted by molar-refractivity contribution is 5.98. The first-order valence-corrected chi connectivity index (χ1v) is 12.0. The van der Waals surface area contributed by atoms with E-state index < -0.39 is 29.9 Å². The molecule has 5 amide bonds. The van der Waals surface area contributed by atoms with E-state index in [1.54, 1.807) is 26.0 Å².